The summed E-state index contributed by atoms with van der Waals surface area (Å²) >= 11 is 0. The lowest BCUT2D eigenvalue weighted by Crippen LogP contribution is -2.04. The highest BCUT2D eigenvalue weighted by molar-refractivity contribution is 5.36. The number of aromatic nitrogens is 3. The molecule has 0 aliphatic rings. The lowest BCUT2D eigenvalue weighted by atomic mass is 10.2. The third-order valence-corrected chi connectivity index (χ3v) is 2.67. The summed E-state index contributed by atoms with van der Waals surface area (Å²) in [6.45, 7) is 2.15. The van der Waals surface area contributed by atoms with Crippen LogP contribution in [0.25, 0.3) is 0 Å². The summed E-state index contributed by atoms with van der Waals surface area (Å²) in [5.41, 5.74) is 2.23. The highest BCUT2D eigenvalue weighted by Gasteiger charge is 2.04. The van der Waals surface area contributed by atoms with Gasteiger partial charge in [0.2, 0.25) is 0 Å². The topological polar surface area (TPSA) is 50.7 Å². The maximum atomic E-state index is 4.59. The summed E-state index contributed by atoms with van der Waals surface area (Å²) in [7, 11) is 1.88. The fourth-order valence-electron chi connectivity index (χ4n) is 1.83. The molecule has 0 unspecified atom stereocenters. The van der Waals surface area contributed by atoms with E-state index in [9.17, 15) is 0 Å². The predicted molar refractivity (Wildman–Crippen MR) is 72.6 cm³/mol. The van der Waals surface area contributed by atoms with Gasteiger partial charge in [0.25, 0.3) is 0 Å². The maximum Gasteiger partial charge on any atom is 0.135 e. The minimum absolute atomic E-state index is 0.722. The summed E-state index contributed by atoms with van der Waals surface area (Å²) in [6.07, 6.45) is 6.43. The molecule has 0 amide bonds. The van der Waals surface area contributed by atoms with Crippen LogP contribution in [-0.4, -0.2) is 22.0 Å². The van der Waals surface area contributed by atoms with Crippen LogP contribution in [-0.2, 0) is 12.8 Å². The van der Waals surface area contributed by atoms with Gasteiger partial charge in [-0.2, -0.15) is 0 Å². The molecule has 0 spiro atoms. The van der Waals surface area contributed by atoms with Crippen molar-refractivity contribution in [3.8, 4) is 0 Å². The molecular formula is C14H18N4. The molecule has 18 heavy (non-hydrogen) atoms. The Hall–Kier alpha value is -1.97. The number of nitrogens with zero attached hydrogens (tertiary/aromatic N) is 3. The van der Waals surface area contributed by atoms with Gasteiger partial charge in [0.05, 0.1) is 0 Å². The molecule has 4 heteroatoms. The van der Waals surface area contributed by atoms with E-state index in [4.69, 9.17) is 0 Å². The first kappa shape index (κ1) is 12.5. The first-order valence-electron chi connectivity index (χ1n) is 6.25. The molecule has 0 bridgehead atoms. The molecule has 0 aliphatic heterocycles. The van der Waals surface area contributed by atoms with Gasteiger partial charge in [0.15, 0.2) is 0 Å². The highest BCUT2D eigenvalue weighted by atomic mass is 15.0. The van der Waals surface area contributed by atoms with Crippen molar-refractivity contribution in [3.05, 3.63) is 47.7 Å². The summed E-state index contributed by atoms with van der Waals surface area (Å²) in [4.78, 5) is 13.2. The maximum absolute atomic E-state index is 4.59. The quantitative estimate of drug-likeness (QED) is 0.875. The van der Waals surface area contributed by atoms with Gasteiger partial charge in [-0.15, -0.1) is 0 Å². The van der Waals surface area contributed by atoms with Crippen molar-refractivity contribution >= 4 is 5.82 Å². The van der Waals surface area contributed by atoms with E-state index >= 15 is 0 Å². The third kappa shape index (κ3) is 3.26. The van der Waals surface area contributed by atoms with Crippen molar-refractivity contribution < 1.29 is 0 Å². The Morgan fingerprint density at radius 1 is 1.28 bits per heavy atom. The fraction of sp³-hybridized carbons (Fsp3) is 0.357. The van der Waals surface area contributed by atoms with Crippen molar-refractivity contribution in [3.63, 3.8) is 0 Å². The summed E-state index contributed by atoms with van der Waals surface area (Å²) in [5.74, 6) is 1.73. The van der Waals surface area contributed by atoms with Crippen molar-refractivity contribution in [2.45, 2.75) is 26.2 Å². The second-order valence-electron chi connectivity index (χ2n) is 4.20. The Bertz CT molecular complexity index is 496. The van der Waals surface area contributed by atoms with E-state index in [-0.39, 0.29) is 0 Å². The zero-order valence-electron chi connectivity index (χ0n) is 10.8. The first-order chi connectivity index (χ1) is 8.81. The Balaban J connectivity index is 2.24. The molecule has 0 saturated carbocycles. The average Bonchev–Trinajstić information content (AvgIpc) is 2.40. The molecule has 4 nitrogen and oxygen atoms in total. The summed E-state index contributed by atoms with van der Waals surface area (Å²) < 4.78 is 0. The molecule has 94 valence electrons. The molecule has 2 heterocycles. The molecule has 0 fully saturated rings. The van der Waals surface area contributed by atoms with Crippen LogP contribution >= 0.6 is 0 Å². The Labute approximate surface area is 108 Å². The largest absolute Gasteiger partial charge is 0.373 e. The van der Waals surface area contributed by atoms with Crippen LogP contribution < -0.4 is 5.32 Å². The normalized spacial score (nSPS) is 10.3. The molecule has 0 aliphatic carbocycles. The first-order valence-corrected chi connectivity index (χ1v) is 6.25. The monoisotopic (exact) mass is 242 g/mol. The predicted octanol–water partition coefficient (Wildman–Crippen LogP) is 2.46. The lowest BCUT2D eigenvalue weighted by Gasteiger charge is -2.07. The molecule has 2 rings (SSSR count). The molecule has 2 aromatic rings. The van der Waals surface area contributed by atoms with Crippen LogP contribution in [0.3, 0.4) is 0 Å². The lowest BCUT2D eigenvalue weighted by molar-refractivity contribution is 0.842. The summed E-state index contributed by atoms with van der Waals surface area (Å²) in [6, 6.07) is 5.99. The molecule has 1 N–H and O–H groups in total. The second kappa shape index (κ2) is 6.10. The van der Waals surface area contributed by atoms with E-state index in [1.54, 1.807) is 6.20 Å². The number of aryl methyl sites for hydroxylation is 1. The molecular weight excluding hydrogens is 224 g/mol. The Kier molecular flexibility index (Phi) is 4.23. The van der Waals surface area contributed by atoms with Crippen LogP contribution in [0.4, 0.5) is 5.82 Å². The molecule has 0 atom stereocenters. The van der Waals surface area contributed by atoms with Gasteiger partial charge in [-0.3, -0.25) is 4.98 Å². The zero-order chi connectivity index (χ0) is 12.8. The second-order valence-corrected chi connectivity index (χ2v) is 4.20. The number of rotatable bonds is 5. The van der Waals surface area contributed by atoms with Crippen LogP contribution in [0.1, 0.15) is 30.4 Å². The standard InChI is InChI=1S/C14H18N4/c1-3-5-12-9-13(15-2)18-14(17-12)8-11-6-4-7-16-10-11/h4,6-7,9-10H,3,5,8H2,1-2H3,(H,15,17,18). The van der Waals surface area contributed by atoms with E-state index < -0.39 is 0 Å². The van der Waals surface area contributed by atoms with E-state index in [0.717, 1.165) is 42.2 Å². The third-order valence-electron chi connectivity index (χ3n) is 2.67. The summed E-state index contributed by atoms with van der Waals surface area (Å²) in [5, 5.41) is 3.09. The SMILES string of the molecule is CCCc1cc(NC)nc(Cc2cccnc2)n1. The minimum atomic E-state index is 0.722. The van der Waals surface area contributed by atoms with Crippen molar-refractivity contribution in [2.75, 3.05) is 12.4 Å². The number of hydrogen-bond donors (Lipinski definition) is 1. The van der Waals surface area contributed by atoms with Gasteiger partial charge >= 0.3 is 0 Å². The van der Waals surface area contributed by atoms with Crippen LogP contribution in [0, 0.1) is 0 Å². The Morgan fingerprint density at radius 2 is 2.17 bits per heavy atom. The van der Waals surface area contributed by atoms with Gasteiger partial charge in [0.1, 0.15) is 11.6 Å². The number of hydrogen-bond acceptors (Lipinski definition) is 4. The number of nitrogens with one attached hydrogen (secondary N) is 1. The van der Waals surface area contributed by atoms with Crippen molar-refractivity contribution in [1.29, 1.82) is 0 Å². The average molecular weight is 242 g/mol. The van der Waals surface area contributed by atoms with Gasteiger partial charge in [-0.05, 0) is 18.1 Å². The van der Waals surface area contributed by atoms with E-state index in [1.165, 1.54) is 0 Å². The van der Waals surface area contributed by atoms with E-state index in [1.807, 2.05) is 31.4 Å². The molecule has 2 aromatic heterocycles. The van der Waals surface area contributed by atoms with Gasteiger partial charge in [-0.1, -0.05) is 19.4 Å². The number of pyridine rings is 1. The van der Waals surface area contributed by atoms with E-state index in [0.29, 0.717) is 0 Å². The molecule has 0 radical (unpaired) electrons. The van der Waals surface area contributed by atoms with Gasteiger partial charge in [-0.25, -0.2) is 9.97 Å². The van der Waals surface area contributed by atoms with Crippen LogP contribution in [0.2, 0.25) is 0 Å². The number of anilines is 1. The van der Waals surface area contributed by atoms with Gasteiger partial charge in [0, 0.05) is 37.6 Å². The Morgan fingerprint density at radius 3 is 2.83 bits per heavy atom. The van der Waals surface area contributed by atoms with E-state index in [2.05, 4.69) is 27.2 Å². The van der Waals surface area contributed by atoms with Gasteiger partial charge < -0.3 is 5.32 Å². The molecule has 0 saturated heterocycles. The highest BCUT2D eigenvalue weighted by Crippen LogP contribution is 2.11. The van der Waals surface area contributed by atoms with Crippen molar-refractivity contribution in [1.82, 2.24) is 15.0 Å². The van der Waals surface area contributed by atoms with Crippen LogP contribution in [0.5, 0.6) is 0 Å². The van der Waals surface area contributed by atoms with Crippen LogP contribution in [0.15, 0.2) is 30.6 Å². The smallest absolute Gasteiger partial charge is 0.135 e. The molecule has 0 aromatic carbocycles. The fourth-order valence-corrected chi connectivity index (χ4v) is 1.83. The van der Waals surface area contributed by atoms with Crippen molar-refractivity contribution in [2.24, 2.45) is 0 Å². The zero-order valence-corrected chi connectivity index (χ0v) is 10.8. The minimum Gasteiger partial charge on any atom is -0.373 e.